The number of aromatic nitrogens is 2. The Hall–Kier alpha value is -4.24. The molecule has 0 bridgehead atoms. The van der Waals surface area contributed by atoms with Crippen LogP contribution >= 0.6 is 0 Å². The number of nitrogens with zero attached hydrogens (tertiary/aromatic N) is 2. The van der Waals surface area contributed by atoms with E-state index < -0.39 is 12.1 Å². The van der Waals surface area contributed by atoms with Gasteiger partial charge >= 0.3 is 12.1 Å². The average molecular weight is 503 g/mol. The van der Waals surface area contributed by atoms with Crippen molar-refractivity contribution in [1.82, 2.24) is 15.3 Å². The van der Waals surface area contributed by atoms with Crippen molar-refractivity contribution in [2.24, 2.45) is 0 Å². The first-order valence-electron chi connectivity index (χ1n) is 12.2. The number of fused-ring (bicyclic) bond motifs is 3. The van der Waals surface area contributed by atoms with Crippen molar-refractivity contribution in [2.75, 3.05) is 25.1 Å². The summed E-state index contributed by atoms with van der Waals surface area (Å²) in [6.07, 6.45) is 4.62. The van der Waals surface area contributed by atoms with Gasteiger partial charge < -0.3 is 25.2 Å². The third kappa shape index (κ3) is 7.14. The lowest BCUT2D eigenvalue weighted by Crippen LogP contribution is -2.25. The molecule has 0 saturated heterocycles. The van der Waals surface area contributed by atoms with Gasteiger partial charge in [-0.1, -0.05) is 36.4 Å². The van der Waals surface area contributed by atoms with Crippen molar-refractivity contribution < 1.29 is 24.2 Å². The van der Waals surface area contributed by atoms with E-state index in [0.717, 1.165) is 34.6 Å². The quantitative estimate of drug-likeness (QED) is 0.183. The number of hydrogen-bond acceptors (Lipinski definition) is 7. The van der Waals surface area contributed by atoms with Crippen LogP contribution in [0.2, 0.25) is 0 Å². The highest BCUT2D eigenvalue weighted by Crippen LogP contribution is 2.29. The maximum absolute atomic E-state index is 11.8. The highest BCUT2D eigenvalue weighted by atomic mass is 16.5. The summed E-state index contributed by atoms with van der Waals surface area (Å²) >= 11 is 0. The number of benzene rings is 2. The number of nitrogens with one attached hydrogen (secondary N) is 2. The molecule has 2 aromatic heterocycles. The van der Waals surface area contributed by atoms with Crippen molar-refractivity contribution in [3.05, 3.63) is 78.1 Å². The second-order valence-electron chi connectivity index (χ2n) is 8.73. The van der Waals surface area contributed by atoms with Crippen LogP contribution in [0.4, 0.5) is 10.6 Å². The Bertz CT molecular complexity index is 1360. The molecule has 0 aliphatic heterocycles. The Morgan fingerprint density at radius 1 is 1.03 bits per heavy atom. The first-order valence-corrected chi connectivity index (χ1v) is 12.2. The monoisotopic (exact) mass is 502 g/mol. The number of carboxylic acid groups (broad SMARTS) is 1. The molecule has 37 heavy (non-hydrogen) atoms. The smallest absolute Gasteiger partial charge is 0.407 e. The lowest BCUT2D eigenvalue weighted by molar-refractivity contribution is 0.0697. The van der Waals surface area contributed by atoms with Gasteiger partial charge in [0.15, 0.2) is 0 Å². The number of anilines is 1. The normalized spacial score (nSPS) is 11.8. The van der Waals surface area contributed by atoms with Crippen LogP contribution < -0.4 is 10.6 Å². The molecule has 3 N–H and O–H groups in total. The molecule has 4 rings (SSSR count). The zero-order valence-corrected chi connectivity index (χ0v) is 20.6. The van der Waals surface area contributed by atoms with E-state index in [9.17, 15) is 14.7 Å². The van der Waals surface area contributed by atoms with E-state index in [1.807, 2.05) is 43.3 Å². The number of carbonyl (C=O) groups is 2. The number of aromatic carboxylic acids is 1. The van der Waals surface area contributed by atoms with Crippen molar-refractivity contribution in [3.63, 3.8) is 0 Å². The molecule has 1 unspecified atom stereocenters. The number of carboxylic acids is 1. The minimum Gasteiger partial charge on any atom is -0.478 e. The lowest BCUT2D eigenvalue weighted by atomic mass is 10.1. The molecule has 0 aliphatic carbocycles. The van der Waals surface area contributed by atoms with Crippen LogP contribution in [0, 0.1) is 0 Å². The van der Waals surface area contributed by atoms with Gasteiger partial charge in [0.2, 0.25) is 0 Å². The molecule has 0 radical (unpaired) electrons. The topological polar surface area (TPSA) is 123 Å². The van der Waals surface area contributed by atoms with E-state index in [1.165, 1.54) is 0 Å². The van der Waals surface area contributed by atoms with E-state index in [0.29, 0.717) is 31.1 Å². The molecule has 9 nitrogen and oxygen atoms in total. The van der Waals surface area contributed by atoms with Crippen LogP contribution in [0.5, 0.6) is 0 Å². The minimum absolute atomic E-state index is 0.0324. The number of ether oxygens (including phenoxy) is 2. The molecule has 1 atom stereocenters. The number of alkyl carbamates (subject to hydrolysis) is 1. The van der Waals surface area contributed by atoms with E-state index in [2.05, 4.69) is 15.6 Å². The summed E-state index contributed by atoms with van der Waals surface area (Å²) in [6, 6.07) is 16.3. The average Bonchev–Trinajstić information content (AvgIpc) is 2.91. The molecule has 9 heteroatoms. The second kappa shape index (κ2) is 12.6. The summed E-state index contributed by atoms with van der Waals surface area (Å²) < 4.78 is 11.0. The molecule has 0 saturated carbocycles. The fourth-order valence-electron chi connectivity index (χ4n) is 3.92. The van der Waals surface area contributed by atoms with E-state index in [-0.39, 0.29) is 18.2 Å². The molecule has 192 valence electrons. The van der Waals surface area contributed by atoms with Gasteiger partial charge in [0.25, 0.3) is 0 Å². The molecule has 0 spiro atoms. The molecule has 1 amide bonds. The third-order valence-corrected chi connectivity index (χ3v) is 5.79. The summed E-state index contributed by atoms with van der Waals surface area (Å²) in [7, 11) is 0. The summed E-state index contributed by atoms with van der Waals surface area (Å²) in [5, 5.41) is 18.1. The van der Waals surface area contributed by atoms with Crippen LogP contribution in [0.15, 0.2) is 67.0 Å². The highest BCUT2D eigenvalue weighted by Gasteiger charge is 2.13. The Labute approximate surface area is 214 Å². The highest BCUT2D eigenvalue weighted by molar-refractivity contribution is 6.10. The number of carbonyl (C=O) groups excluding carboxylic acids is 1. The van der Waals surface area contributed by atoms with E-state index in [4.69, 9.17) is 14.5 Å². The van der Waals surface area contributed by atoms with Crippen LogP contribution in [-0.4, -0.2) is 52.9 Å². The van der Waals surface area contributed by atoms with Crippen molar-refractivity contribution in [2.45, 2.75) is 32.4 Å². The second-order valence-corrected chi connectivity index (χ2v) is 8.73. The molecule has 0 aliphatic rings. The van der Waals surface area contributed by atoms with Crippen LogP contribution in [0.3, 0.4) is 0 Å². The van der Waals surface area contributed by atoms with Crippen molar-refractivity contribution in [3.8, 4) is 0 Å². The lowest BCUT2D eigenvalue weighted by Gasteiger charge is -2.17. The fraction of sp³-hybridized carbons (Fsp3) is 0.286. The van der Waals surface area contributed by atoms with Gasteiger partial charge in [0.1, 0.15) is 12.4 Å². The Balaban J connectivity index is 1.21. The SMILES string of the molecule is CC(COCCCCNC(=O)OCc1ccccc1)Nc1nc2cc(C(=O)O)ccc2c2cnccc12. The summed E-state index contributed by atoms with van der Waals surface area (Å²) in [6.45, 7) is 3.79. The van der Waals surface area contributed by atoms with Gasteiger partial charge in [0, 0.05) is 47.7 Å². The number of pyridine rings is 2. The maximum Gasteiger partial charge on any atom is 0.407 e. The minimum atomic E-state index is -0.995. The predicted octanol–water partition coefficient (Wildman–Crippen LogP) is 5.00. The Morgan fingerprint density at radius 3 is 2.68 bits per heavy atom. The fourth-order valence-corrected chi connectivity index (χ4v) is 3.92. The zero-order chi connectivity index (χ0) is 26.0. The van der Waals surface area contributed by atoms with Gasteiger partial charge in [-0.2, -0.15) is 0 Å². The van der Waals surface area contributed by atoms with Gasteiger partial charge in [-0.05, 0) is 43.5 Å². The summed E-state index contributed by atoms with van der Waals surface area (Å²) in [5.41, 5.74) is 1.72. The predicted molar refractivity (Wildman–Crippen MR) is 142 cm³/mol. The Kier molecular flexibility index (Phi) is 8.83. The van der Waals surface area contributed by atoms with Gasteiger partial charge in [-0.15, -0.1) is 0 Å². The summed E-state index contributed by atoms with van der Waals surface area (Å²) in [4.78, 5) is 32.1. The largest absolute Gasteiger partial charge is 0.478 e. The molecule has 2 heterocycles. The van der Waals surface area contributed by atoms with Gasteiger partial charge in [-0.25, -0.2) is 14.6 Å². The standard InChI is InChI=1S/C28H30N4O5/c1-19(17-36-14-6-5-12-30-28(35)37-18-20-7-3-2-4-8-20)31-26-23-11-13-29-16-24(23)22-10-9-21(27(33)34)15-25(22)32-26/h2-4,7-11,13,15-16,19H,5-6,12,14,17-18H2,1H3,(H,30,35)(H,31,32)(H,33,34). The van der Waals surface area contributed by atoms with Crippen LogP contribution in [0.1, 0.15) is 35.7 Å². The van der Waals surface area contributed by atoms with Crippen molar-refractivity contribution >= 4 is 39.6 Å². The molecule has 4 aromatic rings. The van der Waals surface area contributed by atoms with E-state index in [1.54, 1.807) is 30.6 Å². The summed E-state index contributed by atoms with van der Waals surface area (Å²) in [5.74, 6) is -0.340. The number of hydrogen-bond donors (Lipinski definition) is 3. The van der Waals surface area contributed by atoms with Crippen LogP contribution in [0.25, 0.3) is 21.7 Å². The molecule has 2 aromatic carbocycles. The van der Waals surface area contributed by atoms with Gasteiger partial charge in [0.05, 0.1) is 17.7 Å². The van der Waals surface area contributed by atoms with Crippen LogP contribution in [-0.2, 0) is 16.1 Å². The number of unbranched alkanes of at least 4 members (excludes halogenated alkanes) is 1. The third-order valence-electron chi connectivity index (χ3n) is 5.79. The molecule has 0 fully saturated rings. The Morgan fingerprint density at radius 2 is 1.86 bits per heavy atom. The first-order chi connectivity index (χ1) is 18.0. The number of amides is 1. The molecular weight excluding hydrogens is 472 g/mol. The number of rotatable bonds is 12. The first kappa shape index (κ1) is 25.8. The zero-order valence-electron chi connectivity index (χ0n) is 20.6. The molecular formula is C28H30N4O5. The van der Waals surface area contributed by atoms with Crippen molar-refractivity contribution in [1.29, 1.82) is 0 Å². The maximum atomic E-state index is 11.8. The van der Waals surface area contributed by atoms with E-state index >= 15 is 0 Å². The van der Waals surface area contributed by atoms with Gasteiger partial charge in [-0.3, -0.25) is 4.98 Å².